The van der Waals surface area contributed by atoms with E-state index in [9.17, 15) is 0 Å². The highest BCUT2D eigenvalue weighted by atomic mass is 127. The lowest BCUT2D eigenvalue weighted by Crippen LogP contribution is -2.05. The standard InChI is InChI=1S/C11H11ClIN3OS/c1-6-14-7(5-18-6)3-9-15-8(4-17-2)10(13)11(12)16-9/h5H,3-4H2,1-2H3. The molecule has 7 heteroatoms. The van der Waals surface area contributed by atoms with Crippen molar-refractivity contribution in [3.8, 4) is 0 Å². The molecule has 0 aliphatic carbocycles. The van der Waals surface area contributed by atoms with Gasteiger partial charge in [0.2, 0.25) is 0 Å². The van der Waals surface area contributed by atoms with E-state index >= 15 is 0 Å². The summed E-state index contributed by atoms with van der Waals surface area (Å²) in [5.41, 5.74) is 1.79. The first-order valence-corrected chi connectivity index (χ1v) is 7.54. The van der Waals surface area contributed by atoms with Crippen LogP contribution in [-0.4, -0.2) is 22.1 Å². The molecular weight excluding hydrogens is 385 g/mol. The highest BCUT2D eigenvalue weighted by Crippen LogP contribution is 2.21. The third-order valence-electron chi connectivity index (χ3n) is 2.21. The van der Waals surface area contributed by atoms with Crippen molar-refractivity contribution in [1.29, 1.82) is 0 Å². The lowest BCUT2D eigenvalue weighted by Gasteiger charge is -2.06. The molecular formula is C11H11ClIN3OS. The van der Waals surface area contributed by atoms with Crippen molar-refractivity contribution < 1.29 is 4.74 Å². The molecule has 0 N–H and O–H groups in total. The summed E-state index contributed by atoms with van der Waals surface area (Å²) in [6, 6.07) is 0. The molecule has 0 aromatic carbocycles. The smallest absolute Gasteiger partial charge is 0.146 e. The maximum Gasteiger partial charge on any atom is 0.146 e. The van der Waals surface area contributed by atoms with Crippen LogP contribution < -0.4 is 0 Å². The van der Waals surface area contributed by atoms with Gasteiger partial charge in [0.05, 0.1) is 33.0 Å². The quantitative estimate of drug-likeness (QED) is 0.589. The lowest BCUT2D eigenvalue weighted by atomic mass is 10.3. The van der Waals surface area contributed by atoms with Crippen LogP contribution in [0.2, 0.25) is 5.15 Å². The Labute approximate surface area is 128 Å². The molecule has 2 rings (SSSR count). The molecule has 0 atom stereocenters. The van der Waals surface area contributed by atoms with Crippen molar-refractivity contribution in [2.75, 3.05) is 7.11 Å². The van der Waals surface area contributed by atoms with Gasteiger partial charge in [-0.1, -0.05) is 11.6 Å². The summed E-state index contributed by atoms with van der Waals surface area (Å²) in [5.74, 6) is 0.678. The highest BCUT2D eigenvalue weighted by Gasteiger charge is 2.12. The predicted octanol–water partition coefficient (Wildman–Crippen LogP) is 3.24. The maximum absolute atomic E-state index is 6.09. The molecule has 18 heavy (non-hydrogen) atoms. The van der Waals surface area contributed by atoms with Crippen LogP contribution >= 0.6 is 45.5 Å². The molecule has 0 radical (unpaired) electrons. The Morgan fingerprint density at radius 1 is 1.39 bits per heavy atom. The van der Waals surface area contributed by atoms with Crippen LogP contribution in [0.3, 0.4) is 0 Å². The predicted molar refractivity (Wildman–Crippen MR) is 80.1 cm³/mol. The molecule has 0 aliphatic rings. The van der Waals surface area contributed by atoms with Gasteiger partial charge in [-0.2, -0.15) is 0 Å². The molecule has 0 fully saturated rings. The Hall–Kier alpha value is -0.310. The van der Waals surface area contributed by atoms with E-state index in [1.165, 1.54) is 0 Å². The van der Waals surface area contributed by atoms with E-state index < -0.39 is 0 Å². The third-order valence-corrected chi connectivity index (χ3v) is 4.76. The molecule has 2 aromatic heterocycles. The van der Waals surface area contributed by atoms with E-state index in [1.54, 1.807) is 18.4 Å². The summed E-state index contributed by atoms with van der Waals surface area (Å²) >= 11 is 9.84. The molecule has 0 bridgehead atoms. The van der Waals surface area contributed by atoms with Crippen molar-refractivity contribution in [2.24, 2.45) is 0 Å². The molecule has 0 saturated heterocycles. The summed E-state index contributed by atoms with van der Waals surface area (Å²) < 4.78 is 5.95. The average molecular weight is 396 g/mol. The molecule has 0 saturated carbocycles. The zero-order chi connectivity index (χ0) is 13.1. The second kappa shape index (κ2) is 6.23. The number of rotatable bonds is 4. The summed E-state index contributed by atoms with van der Waals surface area (Å²) in [4.78, 5) is 13.1. The number of aromatic nitrogens is 3. The van der Waals surface area contributed by atoms with Crippen LogP contribution in [0.5, 0.6) is 0 Å². The fourth-order valence-electron chi connectivity index (χ4n) is 1.47. The first kappa shape index (κ1) is 14.1. The van der Waals surface area contributed by atoms with Crippen molar-refractivity contribution in [1.82, 2.24) is 15.0 Å². The van der Waals surface area contributed by atoms with Crippen LogP contribution in [0.1, 0.15) is 22.2 Å². The van der Waals surface area contributed by atoms with Gasteiger partial charge >= 0.3 is 0 Å². The van der Waals surface area contributed by atoms with Crippen LogP contribution in [0.4, 0.5) is 0 Å². The molecule has 0 aliphatic heterocycles. The van der Waals surface area contributed by atoms with Gasteiger partial charge in [0.15, 0.2) is 0 Å². The maximum atomic E-state index is 6.09. The van der Waals surface area contributed by atoms with Gasteiger partial charge in [0, 0.05) is 12.5 Å². The van der Waals surface area contributed by atoms with E-state index in [-0.39, 0.29) is 0 Å². The van der Waals surface area contributed by atoms with Crippen molar-refractivity contribution in [3.63, 3.8) is 0 Å². The Balaban J connectivity index is 2.28. The first-order chi connectivity index (χ1) is 8.60. The number of aryl methyl sites for hydroxylation is 1. The normalized spacial score (nSPS) is 10.9. The fraction of sp³-hybridized carbons (Fsp3) is 0.364. The monoisotopic (exact) mass is 395 g/mol. The SMILES string of the molecule is COCc1nc(Cc2csc(C)n2)nc(Cl)c1I. The minimum Gasteiger partial charge on any atom is -0.378 e. The summed E-state index contributed by atoms with van der Waals surface area (Å²) in [5, 5.41) is 3.53. The van der Waals surface area contributed by atoms with E-state index in [4.69, 9.17) is 16.3 Å². The molecule has 96 valence electrons. The molecule has 4 nitrogen and oxygen atoms in total. The number of hydrogen-bond acceptors (Lipinski definition) is 5. The van der Waals surface area contributed by atoms with Crippen LogP contribution in [0.15, 0.2) is 5.38 Å². The fourth-order valence-corrected chi connectivity index (χ4v) is 2.69. The van der Waals surface area contributed by atoms with Gasteiger partial charge in [0.1, 0.15) is 11.0 Å². The number of hydrogen-bond donors (Lipinski definition) is 0. The number of nitrogens with zero attached hydrogens (tertiary/aromatic N) is 3. The van der Waals surface area contributed by atoms with E-state index in [0.29, 0.717) is 24.0 Å². The Morgan fingerprint density at radius 2 is 2.17 bits per heavy atom. The van der Waals surface area contributed by atoms with Crippen LogP contribution in [-0.2, 0) is 17.8 Å². The Morgan fingerprint density at radius 3 is 2.78 bits per heavy atom. The van der Waals surface area contributed by atoms with Crippen molar-refractivity contribution >= 4 is 45.5 Å². The van der Waals surface area contributed by atoms with Gasteiger partial charge < -0.3 is 4.74 Å². The van der Waals surface area contributed by atoms with Crippen LogP contribution in [0, 0.1) is 10.5 Å². The number of ether oxygens (including phenoxy) is 1. The Kier molecular flexibility index (Phi) is 4.88. The number of halogens is 2. The molecule has 0 amide bonds. The second-order valence-electron chi connectivity index (χ2n) is 3.66. The van der Waals surface area contributed by atoms with Crippen molar-refractivity contribution in [2.45, 2.75) is 20.0 Å². The zero-order valence-electron chi connectivity index (χ0n) is 9.91. The van der Waals surface area contributed by atoms with E-state index in [2.05, 4.69) is 37.5 Å². The molecule has 0 unspecified atom stereocenters. The van der Waals surface area contributed by atoms with Gasteiger partial charge in [0.25, 0.3) is 0 Å². The molecule has 0 spiro atoms. The molecule has 2 heterocycles. The van der Waals surface area contributed by atoms with Crippen LogP contribution in [0.25, 0.3) is 0 Å². The average Bonchev–Trinajstić information content (AvgIpc) is 2.71. The topological polar surface area (TPSA) is 47.9 Å². The van der Waals surface area contributed by atoms with Crippen molar-refractivity contribution in [3.05, 3.63) is 36.3 Å². The molecule has 2 aromatic rings. The zero-order valence-corrected chi connectivity index (χ0v) is 13.6. The first-order valence-electron chi connectivity index (χ1n) is 5.21. The minimum atomic E-state index is 0.434. The Bertz CT molecular complexity index is 561. The van der Waals surface area contributed by atoms with E-state index in [1.807, 2.05) is 12.3 Å². The van der Waals surface area contributed by atoms with Gasteiger partial charge in [-0.05, 0) is 29.5 Å². The van der Waals surface area contributed by atoms with E-state index in [0.717, 1.165) is 20.0 Å². The summed E-state index contributed by atoms with van der Waals surface area (Å²) in [6.45, 7) is 2.41. The number of methoxy groups -OCH3 is 1. The van der Waals surface area contributed by atoms with Gasteiger partial charge in [-0.3, -0.25) is 0 Å². The third kappa shape index (κ3) is 3.37. The second-order valence-corrected chi connectivity index (χ2v) is 6.16. The summed E-state index contributed by atoms with van der Waals surface area (Å²) in [6.07, 6.45) is 0.595. The largest absolute Gasteiger partial charge is 0.378 e. The van der Waals surface area contributed by atoms with Gasteiger partial charge in [-0.15, -0.1) is 11.3 Å². The summed E-state index contributed by atoms with van der Waals surface area (Å²) in [7, 11) is 1.63. The minimum absolute atomic E-state index is 0.434. The van der Waals surface area contributed by atoms with Gasteiger partial charge in [-0.25, -0.2) is 15.0 Å². The highest BCUT2D eigenvalue weighted by molar-refractivity contribution is 14.1. The lowest BCUT2D eigenvalue weighted by molar-refractivity contribution is 0.180. The number of thiazole rings is 1.